The maximum Gasteiger partial charge on any atom is 0.298 e. The molecule has 0 spiro atoms. The Balaban J connectivity index is 2.15. The fourth-order valence-corrected chi connectivity index (χ4v) is 2.45. The summed E-state index contributed by atoms with van der Waals surface area (Å²) in [4.78, 5) is 0. The molecule has 0 amide bonds. The van der Waals surface area contributed by atoms with Gasteiger partial charge in [0, 0.05) is 12.1 Å². The van der Waals surface area contributed by atoms with Crippen LogP contribution in [0.5, 0.6) is 0 Å². The van der Waals surface area contributed by atoms with E-state index in [-0.39, 0.29) is 0 Å². The van der Waals surface area contributed by atoms with Gasteiger partial charge in [0.2, 0.25) is 0 Å². The molecule has 2 N–H and O–H groups in total. The average molecular weight is 311 g/mol. The molecule has 2 rings (SSSR count). The van der Waals surface area contributed by atoms with Crippen molar-refractivity contribution >= 4 is 27.5 Å². The lowest BCUT2D eigenvalue weighted by molar-refractivity contribution is 0.593. The lowest BCUT2D eigenvalue weighted by Crippen LogP contribution is -2.26. The smallest absolute Gasteiger partial charge is 0.271 e. The summed E-state index contributed by atoms with van der Waals surface area (Å²) in [7, 11) is -2.12. The highest BCUT2D eigenvalue weighted by molar-refractivity contribution is 7.90. The highest BCUT2D eigenvalue weighted by Gasteiger charge is 2.06. The Labute approximate surface area is 124 Å². The van der Waals surface area contributed by atoms with Crippen molar-refractivity contribution in [3.8, 4) is 0 Å². The summed E-state index contributed by atoms with van der Waals surface area (Å²) >= 11 is 5.84. The third kappa shape index (κ3) is 4.23. The molecule has 0 aliphatic carbocycles. The van der Waals surface area contributed by atoms with Crippen molar-refractivity contribution in [1.29, 1.82) is 0 Å². The Morgan fingerprint density at radius 3 is 2.40 bits per heavy atom. The minimum atomic E-state index is -3.49. The van der Waals surface area contributed by atoms with Crippen molar-refractivity contribution in [1.82, 2.24) is 4.72 Å². The fraction of sp³-hybridized carbons (Fsp3) is 0.143. The van der Waals surface area contributed by atoms with Gasteiger partial charge < -0.3 is 0 Å². The van der Waals surface area contributed by atoms with E-state index in [9.17, 15) is 8.42 Å². The van der Waals surface area contributed by atoms with Crippen LogP contribution in [0.2, 0.25) is 5.02 Å². The Morgan fingerprint density at radius 2 is 1.75 bits per heavy atom. The maximum atomic E-state index is 11.4. The molecule has 0 bridgehead atoms. The molecule has 4 nitrogen and oxygen atoms in total. The van der Waals surface area contributed by atoms with Crippen LogP contribution in [0.25, 0.3) is 0 Å². The Morgan fingerprint density at radius 1 is 1.05 bits per heavy atom. The topological polar surface area (TPSA) is 58.2 Å². The van der Waals surface area contributed by atoms with Gasteiger partial charge in [0.25, 0.3) is 10.2 Å². The van der Waals surface area contributed by atoms with Crippen LogP contribution >= 0.6 is 11.6 Å². The summed E-state index contributed by atoms with van der Waals surface area (Å²) in [6, 6.07) is 14.9. The Hall–Kier alpha value is -1.56. The maximum absolute atomic E-state index is 11.4. The number of nitrogens with one attached hydrogen (secondary N) is 2. The summed E-state index contributed by atoms with van der Waals surface area (Å²) in [5.41, 5.74) is 2.66. The van der Waals surface area contributed by atoms with E-state index in [0.717, 1.165) is 11.1 Å². The van der Waals surface area contributed by atoms with E-state index in [2.05, 4.69) is 9.44 Å². The SMILES string of the molecule is CNS(=O)(=O)Nc1cccc(Cc2ccc(Cl)cc2)c1. The molecule has 0 aliphatic heterocycles. The van der Waals surface area contributed by atoms with E-state index in [1.54, 1.807) is 6.07 Å². The summed E-state index contributed by atoms with van der Waals surface area (Å²) in [6.45, 7) is 0. The zero-order valence-corrected chi connectivity index (χ0v) is 12.5. The van der Waals surface area contributed by atoms with Crippen molar-refractivity contribution in [2.45, 2.75) is 6.42 Å². The van der Waals surface area contributed by atoms with E-state index in [1.807, 2.05) is 42.5 Å². The molecule has 0 atom stereocenters. The van der Waals surface area contributed by atoms with Crippen molar-refractivity contribution in [2.24, 2.45) is 0 Å². The molecule has 0 saturated carbocycles. The van der Waals surface area contributed by atoms with Gasteiger partial charge >= 0.3 is 0 Å². The van der Waals surface area contributed by atoms with Crippen molar-refractivity contribution in [3.05, 3.63) is 64.7 Å². The van der Waals surface area contributed by atoms with Crippen LogP contribution < -0.4 is 9.44 Å². The fourth-order valence-electron chi connectivity index (χ4n) is 1.79. The number of hydrogen-bond acceptors (Lipinski definition) is 2. The molecule has 0 aliphatic rings. The average Bonchev–Trinajstić information content (AvgIpc) is 2.41. The van der Waals surface area contributed by atoms with Crippen LogP contribution in [0.3, 0.4) is 0 Å². The molecule has 0 fully saturated rings. The number of halogens is 1. The van der Waals surface area contributed by atoms with Crippen molar-refractivity contribution in [3.63, 3.8) is 0 Å². The molecule has 106 valence electrons. The van der Waals surface area contributed by atoms with E-state index in [4.69, 9.17) is 11.6 Å². The van der Waals surface area contributed by atoms with Gasteiger partial charge in [0.15, 0.2) is 0 Å². The molecule has 6 heteroatoms. The zero-order valence-electron chi connectivity index (χ0n) is 10.9. The summed E-state index contributed by atoms with van der Waals surface area (Å²) in [6.07, 6.45) is 0.715. The van der Waals surface area contributed by atoms with Crippen LogP contribution in [0.1, 0.15) is 11.1 Å². The standard InChI is InChI=1S/C14H15ClN2O2S/c1-16-20(18,19)17-14-4-2-3-12(10-14)9-11-5-7-13(15)8-6-11/h2-8,10,16-17H,9H2,1H3. The third-order valence-corrected chi connectivity index (χ3v) is 4.06. The second-order valence-electron chi connectivity index (χ2n) is 4.31. The first kappa shape index (κ1) is 14.8. The first-order valence-corrected chi connectivity index (χ1v) is 7.89. The highest BCUT2D eigenvalue weighted by atomic mass is 35.5. The highest BCUT2D eigenvalue weighted by Crippen LogP contribution is 2.17. The molecule has 2 aromatic rings. The van der Waals surface area contributed by atoms with Gasteiger partial charge in [0.1, 0.15) is 0 Å². The molecule has 0 unspecified atom stereocenters. The lowest BCUT2D eigenvalue weighted by atomic mass is 10.0. The summed E-state index contributed by atoms with van der Waals surface area (Å²) in [5.74, 6) is 0. The van der Waals surface area contributed by atoms with Crippen molar-refractivity contribution < 1.29 is 8.42 Å². The zero-order chi connectivity index (χ0) is 14.6. The second-order valence-corrected chi connectivity index (χ2v) is 6.37. The molecule has 0 aromatic heterocycles. The summed E-state index contributed by atoms with van der Waals surface area (Å²) in [5, 5.41) is 0.698. The molecule has 0 radical (unpaired) electrons. The van der Waals surface area contributed by atoms with E-state index in [0.29, 0.717) is 17.1 Å². The first-order valence-electron chi connectivity index (χ1n) is 6.03. The predicted molar refractivity (Wildman–Crippen MR) is 82.3 cm³/mol. The van der Waals surface area contributed by atoms with Gasteiger partial charge in [-0.3, -0.25) is 4.72 Å². The number of hydrogen-bond donors (Lipinski definition) is 2. The van der Waals surface area contributed by atoms with E-state index >= 15 is 0 Å². The van der Waals surface area contributed by atoms with Gasteiger partial charge in [0.05, 0.1) is 5.69 Å². The Bertz CT molecular complexity index is 685. The summed E-state index contributed by atoms with van der Waals surface area (Å²) < 4.78 is 27.5. The predicted octanol–water partition coefficient (Wildman–Crippen LogP) is 2.81. The quantitative estimate of drug-likeness (QED) is 0.892. The number of benzene rings is 2. The third-order valence-electron chi connectivity index (χ3n) is 2.77. The molecule has 2 aromatic carbocycles. The second kappa shape index (κ2) is 6.26. The molecular weight excluding hydrogens is 296 g/mol. The van der Waals surface area contributed by atoms with Crippen LogP contribution in [0.15, 0.2) is 48.5 Å². The molecular formula is C14H15ClN2O2S. The van der Waals surface area contributed by atoms with E-state index < -0.39 is 10.2 Å². The normalized spacial score (nSPS) is 11.3. The lowest BCUT2D eigenvalue weighted by Gasteiger charge is -2.08. The number of rotatable bonds is 5. The van der Waals surface area contributed by atoms with E-state index in [1.165, 1.54) is 7.05 Å². The van der Waals surface area contributed by atoms with Gasteiger partial charge in [-0.15, -0.1) is 0 Å². The first-order chi connectivity index (χ1) is 9.48. The van der Waals surface area contributed by atoms with Crippen molar-refractivity contribution in [2.75, 3.05) is 11.8 Å². The van der Waals surface area contributed by atoms with Crippen LogP contribution in [-0.2, 0) is 16.6 Å². The van der Waals surface area contributed by atoms with Crippen LogP contribution in [-0.4, -0.2) is 15.5 Å². The minimum absolute atomic E-state index is 0.533. The van der Waals surface area contributed by atoms with Gasteiger partial charge in [-0.1, -0.05) is 35.9 Å². The van der Waals surface area contributed by atoms with Gasteiger partial charge in [-0.05, 0) is 41.8 Å². The number of anilines is 1. The monoisotopic (exact) mass is 310 g/mol. The molecule has 20 heavy (non-hydrogen) atoms. The molecule has 0 saturated heterocycles. The van der Waals surface area contributed by atoms with Gasteiger partial charge in [-0.2, -0.15) is 8.42 Å². The van der Waals surface area contributed by atoms with Crippen LogP contribution in [0, 0.1) is 0 Å². The minimum Gasteiger partial charge on any atom is -0.271 e. The van der Waals surface area contributed by atoms with Gasteiger partial charge in [-0.25, -0.2) is 4.72 Å². The van der Waals surface area contributed by atoms with Crippen LogP contribution in [0.4, 0.5) is 5.69 Å². The largest absolute Gasteiger partial charge is 0.298 e. The Kier molecular flexibility index (Phi) is 4.65. The molecule has 0 heterocycles.